The van der Waals surface area contributed by atoms with Crippen molar-refractivity contribution in [1.29, 1.82) is 0 Å². The molecule has 1 aromatic rings. The van der Waals surface area contributed by atoms with Crippen LogP contribution in [0.2, 0.25) is 0 Å². The van der Waals surface area contributed by atoms with Crippen LogP contribution in [0.1, 0.15) is 17.2 Å². The topological polar surface area (TPSA) is 67.8 Å². The van der Waals surface area contributed by atoms with Gasteiger partial charge in [-0.15, -0.1) is 12.4 Å². The number of halogens is 1. The molecule has 5 nitrogen and oxygen atoms in total. The number of hydrogen-bond donors (Lipinski definition) is 2. The zero-order valence-corrected chi connectivity index (χ0v) is 11.0. The number of aliphatic carboxylic acids is 1. The molecule has 1 aliphatic rings. The molecule has 2 N–H and O–H groups in total. The third-order valence-electron chi connectivity index (χ3n) is 2.95. The summed E-state index contributed by atoms with van der Waals surface area (Å²) in [6.07, 6.45) is 0.791. The van der Waals surface area contributed by atoms with Crippen LogP contribution in [0.5, 0.6) is 11.5 Å². The molecule has 2 rings (SSSR count). The Hall–Kier alpha value is -1.46. The zero-order valence-electron chi connectivity index (χ0n) is 10.2. The highest BCUT2D eigenvalue weighted by molar-refractivity contribution is 5.85. The normalized spacial score (nSPS) is 17.3. The van der Waals surface area contributed by atoms with E-state index in [0.29, 0.717) is 18.0 Å². The zero-order chi connectivity index (χ0) is 12.4. The van der Waals surface area contributed by atoms with Crippen molar-refractivity contribution in [1.82, 2.24) is 5.32 Å². The Morgan fingerprint density at radius 1 is 1.33 bits per heavy atom. The van der Waals surface area contributed by atoms with E-state index in [1.54, 1.807) is 13.2 Å². The lowest BCUT2D eigenvalue weighted by atomic mass is 9.93. The third-order valence-corrected chi connectivity index (χ3v) is 2.95. The lowest BCUT2D eigenvalue weighted by molar-refractivity contribution is -0.139. The van der Waals surface area contributed by atoms with E-state index in [1.807, 2.05) is 6.07 Å². The van der Waals surface area contributed by atoms with Crippen molar-refractivity contribution < 1.29 is 19.4 Å². The van der Waals surface area contributed by atoms with E-state index in [-0.39, 0.29) is 12.4 Å². The van der Waals surface area contributed by atoms with Crippen molar-refractivity contribution in [3.05, 3.63) is 23.3 Å². The summed E-state index contributed by atoms with van der Waals surface area (Å²) in [4.78, 5) is 11.1. The van der Waals surface area contributed by atoms with E-state index in [9.17, 15) is 4.79 Å². The van der Waals surface area contributed by atoms with Gasteiger partial charge in [0.1, 0.15) is 6.04 Å². The molecular weight excluding hydrogens is 258 g/mol. The van der Waals surface area contributed by atoms with Crippen molar-refractivity contribution in [3.8, 4) is 11.5 Å². The van der Waals surface area contributed by atoms with Gasteiger partial charge in [0.25, 0.3) is 0 Å². The first-order chi connectivity index (χ1) is 8.17. The van der Waals surface area contributed by atoms with Gasteiger partial charge in [0.15, 0.2) is 11.5 Å². The van der Waals surface area contributed by atoms with Crippen LogP contribution in [0.25, 0.3) is 0 Å². The summed E-state index contributed by atoms with van der Waals surface area (Å²) in [7, 11) is 3.11. The smallest absolute Gasteiger partial charge is 0.325 e. The standard InChI is InChI=1S/C12H15NO4.ClH/c1-16-9-5-7-3-4-13-11(12(14)15)8(7)6-10(9)17-2;/h5-6,11,13H,3-4H2,1-2H3,(H,14,15);1H/t11-;/m1./s1. The van der Waals surface area contributed by atoms with Gasteiger partial charge in [0.2, 0.25) is 0 Å². The first-order valence-electron chi connectivity index (χ1n) is 5.38. The number of methoxy groups -OCH3 is 2. The highest BCUT2D eigenvalue weighted by Crippen LogP contribution is 2.35. The fourth-order valence-corrected chi connectivity index (χ4v) is 2.10. The number of nitrogens with one attached hydrogen (secondary N) is 1. The van der Waals surface area contributed by atoms with Crippen molar-refractivity contribution in [2.75, 3.05) is 20.8 Å². The number of fused-ring (bicyclic) bond motifs is 1. The number of carboxylic acid groups (broad SMARTS) is 1. The summed E-state index contributed by atoms with van der Waals surface area (Å²) in [5.74, 6) is 0.316. The van der Waals surface area contributed by atoms with Crippen LogP contribution in [-0.2, 0) is 11.2 Å². The molecule has 0 aliphatic carbocycles. The van der Waals surface area contributed by atoms with Crippen molar-refractivity contribution >= 4 is 18.4 Å². The number of hydrogen-bond acceptors (Lipinski definition) is 4. The first-order valence-corrected chi connectivity index (χ1v) is 5.38. The van der Waals surface area contributed by atoms with Crippen molar-refractivity contribution in [3.63, 3.8) is 0 Å². The molecule has 0 saturated carbocycles. The molecule has 0 amide bonds. The summed E-state index contributed by atoms with van der Waals surface area (Å²) in [6, 6.07) is 2.92. The summed E-state index contributed by atoms with van der Waals surface area (Å²) in [6.45, 7) is 0.652. The fourth-order valence-electron chi connectivity index (χ4n) is 2.10. The van der Waals surface area contributed by atoms with E-state index in [2.05, 4.69) is 5.32 Å². The van der Waals surface area contributed by atoms with Gasteiger partial charge in [-0.3, -0.25) is 4.79 Å². The lowest BCUT2D eigenvalue weighted by Gasteiger charge is -2.25. The second kappa shape index (κ2) is 5.93. The molecule has 0 radical (unpaired) electrons. The first kappa shape index (κ1) is 14.6. The Balaban J connectivity index is 0.00000162. The number of rotatable bonds is 3. The van der Waals surface area contributed by atoms with Crippen LogP contribution in [0, 0.1) is 0 Å². The second-order valence-electron chi connectivity index (χ2n) is 3.88. The van der Waals surface area contributed by atoms with Crippen molar-refractivity contribution in [2.45, 2.75) is 12.5 Å². The number of ether oxygens (including phenoxy) is 2. The van der Waals surface area contributed by atoms with Crippen LogP contribution in [0.4, 0.5) is 0 Å². The highest BCUT2D eigenvalue weighted by atomic mass is 35.5. The van der Waals surface area contributed by atoms with E-state index in [1.165, 1.54) is 7.11 Å². The Morgan fingerprint density at radius 2 is 1.94 bits per heavy atom. The minimum absolute atomic E-state index is 0. The van der Waals surface area contributed by atoms with Crippen LogP contribution in [0.15, 0.2) is 12.1 Å². The van der Waals surface area contributed by atoms with Crippen LogP contribution >= 0.6 is 12.4 Å². The molecule has 1 aliphatic heterocycles. The number of carboxylic acids is 1. The molecular formula is C12H16ClNO4. The number of benzene rings is 1. The molecule has 1 heterocycles. The van der Waals surface area contributed by atoms with Gasteiger partial charge < -0.3 is 19.9 Å². The third kappa shape index (κ3) is 2.52. The highest BCUT2D eigenvalue weighted by Gasteiger charge is 2.27. The number of carbonyl (C=O) groups is 1. The van der Waals surface area contributed by atoms with Crippen LogP contribution < -0.4 is 14.8 Å². The van der Waals surface area contributed by atoms with Crippen LogP contribution in [-0.4, -0.2) is 31.8 Å². The van der Waals surface area contributed by atoms with Gasteiger partial charge >= 0.3 is 5.97 Å². The average molecular weight is 274 g/mol. The molecule has 18 heavy (non-hydrogen) atoms. The van der Waals surface area contributed by atoms with Gasteiger partial charge in [-0.05, 0) is 29.7 Å². The summed E-state index contributed by atoms with van der Waals surface area (Å²) in [5.41, 5.74) is 1.75. The maximum atomic E-state index is 11.1. The predicted octanol–water partition coefficient (Wildman–Crippen LogP) is 1.40. The van der Waals surface area contributed by atoms with Gasteiger partial charge in [0.05, 0.1) is 14.2 Å². The molecule has 1 aromatic carbocycles. The Kier molecular flexibility index (Phi) is 4.81. The Labute approximate surface area is 112 Å². The molecule has 6 heteroatoms. The van der Waals surface area contributed by atoms with Gasteiger partial charge in [-0.25, -0.2) is 0 Å². The molecule has 1 atom stereocenters. The summed E-state index contributed by atoms with van der Waals surface area (Å²) < 4.78 is 10.4. The van der Waals surface area contributed by atoms with E-state index in [4.69, 9.17) is 14.6 Å². The molecule has 0 unspecified atom stereocenters. The Morgan fingerprint density at radius 3 is 2.50 bits per heavy atom. The van der Waals surface area contributed by atoms with Crippen molar-refractivity contribution in [2.24, 2.45) is 0 Å². The second-order valence-corrected chi connectivity index (χ2v) is 3.88. The molecule has 0 bridgehead atoms. The van der Waals surface area contributed by atoms with E-state index in [0.717, 1.165) is 17.5 Å². The monoisotopic (exact) mass is 273 g/mol. The van der Waals surface area contributed by atoms with E-state index < -0.39 is 12.0 Å². The molecule has 0 fully saturated rings. The SMILES string of the molecule is COc1cc2c(cc1OC)[C@H](C(=O)O)NCC2.Cl. The maximum Gasteiger partial charge on any atom is 0.325 e. The molecule has 0 saturated heterocycles. The lowest BCUT2D eigenvalue weighted by Crippen LogP contribution is -2.35. The minimum atomic E-state index is -0.877. The van der Waals surface area contributed by atoms with Gasteiger partial charge in [-0.2, -0.15) is 0 Å². The average Bonchev–Trinajstić information content (AvgIpc) is 2.35. The molecule has 0 spiro atoms. The largest absolute Gasteiger partial charge is 0.493 e. The Bertz CT molecular complexity index is 450. The van der Waals surface area contributed by atoms with Gasteiger partial charge in [0, 0.05) is 6.54 Å². The minimum Gasteiger partial charge on any atom is -0.493 e. The van der Waals surface area contributed by atoms with Crippen LogP contribution in [0.3, 0.4) is 0 Å². The van der Waals surface area contributed by atoms with E-state index >= 15 is 0 Å². The summed E-state index contributed by atoms with van der Waals surface area (Å²) >= 11 is 0. The fraction of sp³-hybridized carbons (Fsp3) is 0.417. The summed E-state index contributed by atoms with van der Waals surface area (Å²) in [5, 5.41) is 12.1. The molecule has 0 aromatic heterocycles. The quantitative estimate of drug-likeness (QED) is 0.871. The molecule has 100 valence electrons. The predicted molar refractivity (Wildman–Crippen MR) is 68.9 cm³/mol. The maximum absolute atomic E-state index is 11.1. The van der Waals surface area contributed by atoms with Gasteiger partial charge in [-0.1, -0.05) is 0 Å².